The zero-order valence-electron chi connectivity index (χ0n) is 17.2. The molecule has 2 aromatic carbocycles. The molecule has 33 heavy (non-hydrogen) atoms. The van der Waals surface area contributed by atoms with Gasteiger partial charge in [-0.3, -0.25) is 4.98 Å². The molecule has 1 heterocycles. The van der Waals surface area contributed by atoms with Crippen molar-refractivity contribution in [1.82, 2.24) is 10.3 Å². The second-order valence-corrected chi connectivity index (χ2v) is 7.97. The number of pyridine rings is 1. The van der Waals surface area contributed by atoms with Gasteiger partial charge < -0.3 is 20.3 Å². The van der Waals surface area contributed by atoms with Crippen LogP contribution in [0.5, 0.6) is 5.75 Å². The third-order valence-electron chi connectivity index (χ3n) is 5.77. The number of benzene rings is 2. The molecule has 3 N–H and O–H groups in total. The minimum atomic E-state index is -4.81. The fourth-order valence-electron chi connectivity index (χ4n) is 3.93. The molecule has 0 radical (unpaired) electrons. The largest absolute Gasteiger partial charge is 0.490 e. The van der Waals surface area contributed by atoms with E-state index in [9.17, 15) is 32.2 Å². The molecule has 0 amide bonds. The second-order valence-electron chi connectivity index (χ2n) is 7.97. The summed E-state index contributed by atoms with van der Waals surface area (Å²) in [6.07, 6.45) is -2.41. The predicted molar refractivity (Wildman–Crippen MR) is 109 cm³/mol. The van der Waals surface area contributed by atoms with Gasteiger partial charge in [-0.25, -0.2) is 8.78 Å². The summed E-state index contributed by atoms with van der Waals surface area (Å²) in [5, 5.41) is 23.5. The van der Waals surface area contributed by atoms with Crippen LogP contribution in [-0.2, 0) is 12.7 Å². The smallest absolute Gasteiger partial charge is 0.419 e. The minimum absolute atomic E-state index is 0.0449. The number of aromatic nitrogens is 1. The summed E-state index contributed by atoms with van der Waals surface area (Å²) < 4.78 is 72.3. The van der Waals surface area contributed by atoms with Crippen LogP contribution in [0, 0.1) is 11.6 Å². The number of hydrogen-bond donors (Lipinski definition) is 3. The summed E-state index contributed by atoms with van der Waals surface area (Å²) >= 11 is 0. The van der Waals surface area contributed by atoms with Gasteiger partial charge in [0, 0.05) is 35.9 Å². The Morgan fingerprint density at radius 2 is 1.85 bits per heavy atom. The molecule has 1 aromatic heterocycles. The summed E-state index contributed by atoms with van der Waals surface area (Å²) in [5.41, 5.74) is -0.754. The average molecular weight is 468 g/mol. The lowest BCUT2D eigenvalue weighted by atomic mass is 9.88. The van der Waals surface area contributed by atoms with Crippen molar-refractivity contribution in [3.63, 3.8) is 0 Å². The van der Waals surface area contributed by atoms with Crippen molar-refractivity contribution >= 4 is 10.8 Å². The number of halogens is 5. The number of hydrogen-bond acceptors (Lipinski definition) is 5. The molecule has 5 nitrogen and oxygen atoms in total. The van der Waals surface area contributed by atoms with Crippen LogP contribution in [0.15, 0.2) is 42.7 Å². The highest BCUT2D eigenvalue weighted by Crippen LogP contribution is 2.35. The molecule has 1 aliphatic rings. The zero-order valence-corrected chi connectivity index (χ0v) is 17.2. The molecule has 1 saturated carbocycles. The predicted octanol–water partition coefficient (Wildman–Crippen LogP) is 4.26. The Labute approximate surface area is 185 Å². The van der Waals surface area contributed by atoms with Gasteiger partial charge in [0.05, 0.1) is 12.2 Å². The van der Waals surface area contributed by atoms with Crippen LogP contribution in [-0.4, -0.2) is 33.9 Å². The van der Waals surface area contributed by atoms with Crippen LogP contribution in [0.1, 0.15) is 35.6 Å². The Hall–Kier alpha value is -2.82. The fraction of sp³-hybridized carbons (Fsp3) is 0.348. The minimum Gasteiger partial charge on any atom is -0.490 e. The number of rotatable bonds is 7. The van der Waals surface area contributed by atoms with Crippen LogP contribution in [0.25, 0.3) is 10.8 Å². The van der Waals surface area contributed by atoms with E-state index in [1.165, 1.54) is 18.5 Å². The normalized spacial score (nSPS) is 19.4. The van der Waals surface area contributed by atoms with Gasteiger partial charge in [-0.05, 0) is 54.1 Å². The third kappa shape index (κ3) is 4.92. The Morgan fingerprint density at radius 1 is 1.09 bits per heavy atom. The summed E-state index contributed by atoms with van der Waals surface area (Å²) in [7, 11) is 0. The molecule has 0 unspecified atom stereocenters. The van der Waals surface area contributed by atoms with Crippen LogP contribution in [0.3, 0.4) is 0 Å². The number of alkyl halides is 3. The third-order valence-corrected chi connectivity index (χ3v) is 5.77. The maximum absolute atomic E-state index is 14.8. The molecule has 1 aliphatic carbocycles. The van der Waals surface area contributed by atoms with Crippen molar-refractivity contribution in [1.29, 1.82) is 0 Å². The Bertz CT molecular complexity index is 1150. The molecular formula is C23H21F5N2O3. The quantitative estimate of drug-likeness (QED) is 0.452. The first-order chi connectivity index (χ1) is 15.7. The van der Waals surface area contributed by atoms with Crippen LogP contribution < -0.4 is 10.1 Å². The number of aliphatic hydroxyl groups excluding tert-OH is 2. The van der Waals surface area contributed by atoms with Crippen LogP contribution in [0.4, 0.5) is 22.0 Å². The summed E-state index contributed by atoms with van der Waals surface area (Å²) in [5.74, 6) is -1.96. The monoisotopic (exact) mass is 468 g/mol. The fourth-order valence-corrected chi connectivity index (χ4v) is 3.93. The zero-order chi connectivity index (χ0) is 23.8. The highest BCUT2D eigenvalue weighted by Gasteiger charge is 2.36. The lowest BCUT2D eigenvalue weighted by molar-refractivity contribution is -0.140. The van der Waals surface area contributed by atoms with Crippen molar-refractivity contribution < 1.29 is 36.9 Å². The number of fused-ring (bicyclic) bond motifs is 1. The molecule has 1 fully saturated rings. The number of nitrogens with one attached hydrogen (secondary N) is 1. The van der Waals surface area contributed by atoms with E-state index in [2.05, 4.69) is 10.3 Å². The van der Waals surface area contributed by atoms with E-state index in [0.717, 1.165) is 12.1 Å². The van der Waals surface area contributed by atoms with Gasteiger partial charge in [0.15, 0.2) is 0 Å². The number of aliphatic hydroxyl groups is 2. The Kier molecular flexibility index (Phi) is 6.51. The summed E-state index contributed by atoms with van der Waals surface area (Å²) in [4.78, 5) is 4.01. The van der Waals surface area contributed by atoms with E-state index in [-0.39, 0.29) is 30.0 Å². The van der Waals surface area contributed by atoms with E-state index in [4.69, 9.17) is 4.74 Å². The van der Waals surface area contributed by atoms with Crippen molar-refractivity contribution in [3.05, 3.63) is 71.1 Å². The molecule has 176 valence electrons. The highest BCUT2D eigenvalue weighted by molar-refractivity contribution is 5.88. The van der Waals surface area contributed by atoms with E-state index in [1.54, 1.807) is 6.07 Å². The van der Waals surface area contributed by atoms with Crippen molar-refractivity contribution in [3.8, 4) is 5.75 Å². The molecular weight excluding hydrogens is 447 g/mol. The molecule has 0 saturated heterocycles. The summed E-state index contributed by atoms with van der Waals surface area (Å²) in [6, 6.07) is 5.30. The van der Waals surface area contributed by atoms with Gasteiger partial charge in [0.1, 0.15) is 29.6 Å². The van der Waals surface area contributed by atoms with Crippen molar-refractivity contribution in [2.75, 3.05) is 6.61 Å². The van der Waals surface area contributed by atoms with Gasteiger partial charge in [0.25, 0.3) is 0 Å². The SMILES string of the molecule is OC[C@@H](O)c1cc(F)c(CN[C@H]2C[C@H](Oc3ccc(F)c(C(F)(F)F)c3)C2)c2ccncc12. The average Bonchev–Trinajstić information content (AvgIpc) is 2.75. The van der Waals surface area contributed by atoms with Gasteiger partial charge in [0.2, 0.25) is 0 Å². The van der Waals surface area contributed by atoms with E-state index >= 15 is 0 Å². The molecule has 4 rings (SSSR count). The van der Waals surface area contributed by atoms with E-state index < -0.39 is 36.1 Å². The molecule has 0 aliphatic heterocycles. The van der Waals surface area contributed by atoms with Gasteiger partial charge in [-0.2, -0.15) is 13.2 Å². The molecule has 0 bridgehead atoms. The van der Waals surface area contributed by atoms with Crippen molar-refractivity contribution in [2.45, 2.75) is 43.8 Å². The van der Waals surface area contributed by atoms with E-state index in [0.29, 0.717) is 35.2 Å². The Balaban J connectivity index is 1.39. The molecule has 10 heteroatoms. The maximum Gasteiger partial charge on any atom is 0.419 e. The first-order valence-electron chi connectivity index (χ1n) is 10.3. The topological polar surface area (TPSA) is 74.6 Å². The number of nitrogens with zero attached hydrogens (tertiary/aromatic N) is 1. The lowest BCUT2D eigenvalue weighted by Crippen LogP contribution is -2.46. The standard InChI is InChI=1S/C23H21F5N2O3/c24-20-2-1-13(7-19(20)23(26,27)28)33-14-5-12(6-14)30-10-18-15-3-4-29-9-17(15)16(8-21(18)25)22(32)11-31/h1-4,7-9,12,14,22,30-32H,5-6,10-11H2/t12-,14-,22-/m1/s1. The molecule has 1 atom stereocenters. The molecule has 3 aromatic rings. The van der Waals surface area contributed by atoms with Crippen LogP contribution >= 0.6 is 0 Å². The first-order valence-corrected chi connectivity index (χ1v) is 10.3. The van der Waals surface area contributed by atoms with Gasteiger partial charge in [-0.15, -0.1) is 0 Å². The van der Waals surface area contributed by atoms with Crippen LogP contribution in [0.2, 0.25) is 0 Å². The lowest BCUT2D eigenvalue weighted by Gasteiger charge is -2.36. The molecule has 0 spiro atoms. The number of ether oxygens (including phenoxy) is 1. The first kappa shape index (κ1) is 23.3. The summed E-state index contributed by atoms with van der Waals surface area (Å²) in [6.45, 7) is -0.378. The van der Waals surface area contributed by atoms with Gasteiger partial charge in [-0.1, -0.05) is 0 Å². The Morgan fingerprint density at radius 3 is 2.55 bits per heavy atom. The highest BCUT2D eigenvalue weighted by atomic mass is 19.4. The maximum atomic E-state index is 14.8. The van der Waals surface area contributed by atoms with Gasteiger partial charge >= 0.3 is 6.18 Å². The van der Waals surface area contributed by atoms with E-state index in [1.807, 2.05) is 0 Å². The van der Waals surface area contributed by atoms with Crippen molar-refractivity contribution in [2.24, 2.45) is 0 Å². The second kappa shape index (κ2) is 9.20.